The Balaban J connectivity index is 2.50. The van der Waals surface area contributed by atoms with Crippen LogP contribution in [-0.2, 0) is 11.3 Å². The number of hydrogen-bond acceptors (Lipinski definition) is 3. The second-order valence-corrected chi connectivity index (χ2v) is 4.20. The van der Waals surface area contributed by atoms with Crippen LogP contribution in [0.15, 0.2) is 30.3 Å². The van der Waals surface area contributed by atoms with Gasteiger partial charge in [0.2, 0.25) is 5.91 Å². The van der Waals surface area contributed by atoms with Gasteiger partial charge in [0.05, 0.1) is 13.2 Å². The van der Waals surface area contributed by atoms with E-state index in [4.69, 9.17) is 5.11 Å². The lowest BCUT2D eigenvalue weighted by atomic mass is 10.2. The normalized spacial score (nSPS) is 10.3. The van der Waals surface area contributed by atoms with Crippen LogP contribution in [0.4, 0.5) is 0 Å². The molecule has 1 amide bonds. The van der Waals surface area contributed by atoms with Crippen LogP contribution >= 0.6 is 0 Å². The number of nitrogens with zero attached hydrogens (tertiary/aromatic N) is 1. The van der Waals surface area contributed by atoms with Gasteiger partial charge in [0.1, 0.15) is 0 Å². The Morgan fingerprint density at radius 2 is 2.06 bits per heavy atom. The van der Waals surface area contributed by atoms with E-state index in [-0.39, 0.29) is 12.5 Å². The Hall–Kier alpha value is -1.39. The zero-order chi connectivity index (χ0) is 13.2. The second-order valence-electron chi connectivity index (χ2n) is 4.20. The molecular formula is C14H22N2O2. The first-order valence-electron chi connectivity index (χ1n) is 6.41. The van der Waals surface area contributed by atoms with Crippen molar-refractivity contribution in [3.8, 4) is 0 Å². The molecule has 100 valence electrons. The van der Waals surface area contributed by atoms with Gasteiger partial charge in [-0.3, -0.25) is 4.79 Å². The predicted octanol–water partition coefficient (Wildman–Crippen LogP) is 1.01. The molecule has 0 aliphatic rings. The molecule has 4 nitrogen and oxygen atoms in total. The SMILES string of the molecule is CCCNCC(=O)N(CCO)Cc1ccccc1. The number of benzene rings is 1. The molecule has 0 saturated heterocycles. The van der Waals surface area contributed by atoms with Gasteiger partial charge in [-0.2, -0.15) is 0 Å². The molecule has 0 unspecified atom stereocenters. The molecule has 1 aromatic rings. The number of aliphatic hydroxyl groups excluding tert-OH is 1. The molecule has 18 heavy (non-hydrogen) atoms. The average molecular weight is 250 g/mol. The lowest BCUT2D eigenvalue weighted by molar-refractivity contribution is -0.131. The highest BCUT2D eigenvalue weighted by atomic mass is 16.3. The number of carbonyl (C=O) groups excluding carboxylic acids is 1. The van der Waals surface area contributed by atoms with Gasteiger partial charge in [0.25, 0.3) is 0 Å². The highest BCUT2D eigenvalue weighted by molar-refractivity contribution is 5.78. The van der Waals surface area contributed by atoms with Crippen molar-refractivity contribution in [3.05, 3.63) is 35.9 Å². The minimum atomic E-state index is -0.00759. The minimum Gasteiger partial charge on any atom is -0.395 e. The van der Waals surface area contributed by atoms with Crippen LogP contribution < -0.4 is 5.32 Å². The largest absolute Gasteiger partial charge is 0.395 e. The van der Waals surface area contributed by atoms with Crippen LogP contribution in [0.2, 0.25) is 0 Å². The van der Waals surface area contributed by atoms with Crippen molar-refractivity contribution in [1.82, 2.24) is 10.2 Å². The first-order chi connectivity index (χ1) is 8.77. The molecule has 0 aliphatic heterocycles. The van der Waals surface area contributed by atoms with Gasteiger partial charge in [0, 0.05) is 13.1 Å². The average Bonchev–Trinajstić information content (AvgIpc) is 2.39. The molecule has 2 N–H and O–H groups in total. The standard InChI is InChI=1S/C14H22N2O2/c1-2-8-15-11-14(18)16(9-10-17)12-13-6-4-3-5-7-13/h3-7,15,17H,2,8-12H2,1H3. The van der Waals surface area contributed by atoms with Crippen LogP contribution in [0.25, 0.3) is 0 Å². The summed E-state index contributed by atoms with van der Waals surface area (Å²) >= 11 is 0. The molecule has 0 saturated carbocycles. The van der Waals surface area contributed by atoms with Crippen LogP contribution in [0.5, 0.6) is 0 Å². The van der Waals surface area contributed by atoms with E-state index in [1.54, 1.807) is 4.90 Å². The second kappa shape index (κ2) is 8.66. The van der Waals surface area contributed by atoms with E-state index in [1.165, 1.54) is 0 Å². The predicted molar refractivity (Wildman–Crippen MR) is 72.1 cm³/mol. The Morgan fingerprint density at radius 3 is 2.67 bits per heavy atom. The summed E-state index contributed by atoms with van der Waals surface area (Å²) in [5, 5.41) is 12.1. The molecule has 0 spiro atoms. The maximum Gasteiger partial charge on any atom is 0.236 e. The molecule has 0 fully saturated rings. The van der Waals surface area contributed by atoms with Gasteiger partial charge in [-0.1, -0.05) is 37.3 Å². The van der Waals surface area contributed by atoms with Crippen molar-refractivity contribution < 1.29 is 9.90 Å². The number of rotatable bonds is 8. The number of amides is 1. The number of nitrogens with one attached hydrogen (secondary N) is 1. The lowest BCUT2D eigenvalue weighted by Crippen LogP contribution is -2.39. The van der Waals surface area contributed by atoms with E-state index in [2.05, 4.69) is 12.2 Å². The van der Waals surface area contributed by atoms with Crippen molar-refractivity contribution in [3.63, 3.8) is 0 Å². The fourth-order valence-corrected chi connectivity index (χ4v) is 1.70. The summed E-state index contributed by atoms with van der Waals surface area (Å²) in [5.41, 5.74) is 1.08. The molecule has 0 atom stereocenters. The van der Waals surface area contributed by atoms with Gasteiger partial charge in [-0.15, -0.1) is 0 Å². The van der Waals surface area contributed by atoms with Gasteiger partial charge >= 0.3 is 0 Å². The maximum absolute atomic E-state index is 12.0. The van der Waals surface area contributed by atoms with Crippen molar-refractivity contribution in [2.24, 2.45) is 0 Å². The van der Waals surface area contributed by atoms with Gasteiger partial charge in [-0.25, -0.2) is 0 Å². The molecular weight excluding hydrogens is 228 g/mol. The zero-order valence-electron chi connectivity index (χ0n) is 10.9. The van der Waals surface area contributed by atoms with Gasteiger partial charge < -0.3 is 15.3 Å². The Morgan fingerprint density at radius 1 is 1.33 bits per heavy atom. The highest BCUT2D eigenvalue weighted by Crippen LogP contribution is 2.04. The molecule has 0 aliphatic carbocycles. The lowest BCUT2D eigenvalue weighted by Gasteiger charge is -2.22. The van der Waals surface area contributed by atoms with E-state index in [9.17, 15) is 4.79 Å². The van der Waals surface area contributed by atoms with E-state index in [1.807, 2.05) is 30.3 Å². The summed E-state index contributed by atoms with van der Waals surface area (Å²) in [4.78, 5) is 13.6. The fourth-order valence-electron chi connectivity index (χ4n) is 1.70. The topological polar surface area (TPSA) is 52.6 Å². The van der Waals surface area contributed by atoms with Crippen LogP contribution in [0.1, 0.15) is 18.9 Å². The van der Waals surface area contributed by atoms with Crippen LogP contribution in [0.3, 0.4) is 0 Å². The maximum atomic E-state index is 12.0. The van der Waals surface area contributed by atoms with Gasteiger partial charge in [0.15, 0.2) is 0 Å². The third-order valence-corrected chi connectivity index (χ3v) is 2.64. The van der Waals surface area contributed by atoms with E-state index in [0.717, 1.165) is 18.5 Å². The summed E-state index contributed by atoms with van der Waals surface area (Å²) in [5.74, 6) is 0.0290. The van der Waals surface area contributed by atoms with Crippen LogP contribution in [0, 0.1) is 0 Å². The summed E-state index contributed by atoms with van der Waals surface area (Å²) in [6.07, 6.45) is 1.01. The first-order valence-corrected chi connectivity index (χ1v) is 6.41. The van der Waals surface area contributed by atoms with E-state index in [0.29, 0.717) is 19.6 Å². The number of hydrogen-bond donors (Lipinski definition) is 2. The molecule has 0 bridgehead atoms. The molecule has 1 rings (SSSR count). The van der Waals surface area contributed by atoms with E-state index >= 15 is 0 Å². The van der Waals surface area contributed by atoms with Crippen molar-refractivity contribution >= 4 is 5.91 Å². The molecule has 0 radical (unpaired) electrons. The highest BCUT2D eigenvalue weighted by Gasteiger charge is 2.12. The third kappa shape index (κ3) is 5.29. The molecule has 4 heteroatoms. The molecule has 0 heterocycles. The van der Waals surface area contributed by atoms with Crippen molar-refractivity contribution in [2.45, 2.75) is 19.9 Å². The van der Waals surface area contributed by atoms with Gasteiger partial charge in [-0.05, 0) is 18.5 Å². The van der Waals surface area contributed by atoms with Crippen molar-refractivity contribution in [1.29, 1.82) is 0 Å². The third-order valence-electron chi connectivity index (χ3n) is 2.64. The van der Waals surface area contributed by atoms with Crippen molar-refractivity contribution in [2.75, 3.05) is 26.2 Å². The molecule has 0 aromatic heterocycles. The minimum absolute atomic E-state index is 0.00759. The Kier molecular flexibility index (Phi) is 7.06. The van der Waals surface area contributed by atoms with Crippen LogP contribution in [-0.4, -0.2) is 42.2 Å². The quantitative estimate of drug-likeness (QED) is 0.677. The summed E-state index contributed by atoms with van der Waals surface area (Å²) in [7, 11) is 0. The monoisotopic (exact) mass is 250 g/mol. The molecule has 1 aromatic carbocycles. The number of carbonyl (C=O) groups is 1. The smallest absolute Gasteiger partial charge is 0.236 e. The Labute approximate surface area is 109 Å². The Bertz CT molecular complexity index is 341. The summed E-state index contributed by atoms with van der Waals surface area (Å²) in [6, 6.07) is 9.82. The fraction of sp³-hybridized carbons (Fsp3) is 0.500. The first kappa shape index (κ1) is 14.7. The summed E-state index contributed by atoms with van der Waals surface area (Å²) < 4.78 is 0. The zero-order valence-corrected chi connectivity index (χ0v) is 10.9. The number of aliphatic hydroxyl groups is 1. The summed E-state index contributed by atoms with van der Waals surface area (Å²) in [6.45, 7) is 4.15. The van der Waals surface area contributed by atoms with E-state index < -0.39 is 0 Å².